The second-order valence-corrected chi connectivity index (χ2v) is 2.53. The minimum Gasteiger partial charge on any atom is -0.316 e. The molecule has 0 amide bonds. The normalized spacial score (nSPS) is 38.2. The van der Waals surface area contributed by atoms with E-state index >= 15 is 0 Å². The monoisotopic (exact) mass is 114 g/mol. The summed E-state index contributed by atoms with van der Waals surface area (Å²) in [5.74, 6) is 0. The summed E-state index contributed by atoms with van der Waals surface area (Å²) in [4.78, 5) is 0. The predicted octanol–water partition coefficient (Wildman–Crippen LogP) is -0.0438. The van der Waals surface area contributed by atoms with Crippen LogP contribution in [0.1, 0.15) is 13.3 Å². The SMILES string of the molecule is CN[C@@H]1CN[C@H](C)C1. The lowest BCUT2D eigenvalue weighted by molar-refractivity contribution is 0.595. The average Bonchev–Trinajstić information content (AvgIpc) is 2.14. The van der Waals surface area contributed by atoms with E-state index in [1.807, 2.05) is 7.05 Å². The Hall–Kier alpha value is -0.0800. The molecule has 2 N–H and O–H groups in total. The molecule has 0 aliphatic carbocycles. The van der Waals surface area contributed by atoms with Crippen LogP contribution in [-0.4, -0.2) is 25.7 Å². The van der Waals surface area contributed by atoms with Crippen molar-refractivity contribution in [1.82, 2.24) is 10.6 Å². The van der Waals surface area contributed by atoms with E-state index < -0.39 is 0 Å². The molecule has 1 rings (SSSR count). The number of hydrogen-bond donors (Lipinski definition) is 2. The van der Waals surface area contributed by atoms with E-state index in [2.05, 4.69) is 17.6 Å². The van der Waals surface area contributed by atoms with Gasteiger partial charge in [0.05, 0.1) is 0 Å². The van der Waals surface area contributed by atoms with Gasteiger partial charge in [-0.3, -0.25) is 0 Å². The van der Waals surface area contributed by atoms with Crippen molar-refractivity contribution in [2.75, 3.05) is 13.6 Å². The molecule has 0 aromatic carbocycles. The standard InChI is InChI=1S/C6H14N2/c1-5-3-6(7-2)4-8-5/h5-8H,3-4H2,1-2H3/t5-,6+/m1/s1. The molecule has 0 aromatic rings. The summed E-state index contributed by atoms with van der Waals surface area (Å²) in [5, 5.41) is 6.59. The highest BCUT2D eigenvalue weighted by molar-refractivity contribution is 4.81. The first-order valence-corrected chi connectivity index (χ1v) is 3.23. The average molecular weight is 114 g/mol. The molecule has 0 aromatic heterocycles. The number of hydrogen-bond acceptors (Lipinski definition) is 2. The van der Waals surface area contributed by atoms with Gasteiger partial charge >= 0.3 is 0 Å². The van der Waals surface area contributed by atoms with Crippen LogP contribution in [-0.2, 0) is 0 Å². The Morgan fingerprint density at radius 1 is 1.62 bits per heavy atom. The molecule has 0 spiro atoms. The van der Waals surface area contributed by atoms with E-state index in [-0.39, 0.29) is 0 Å². The largest absolute Gasteiger partial charge is 0.316 e. The third kappa shape index (κ3) is 1.20. The van der Waals surface area contributed by atoms with Crippen molar-refractivity contribution in [3.63, 3.8) is 0 Å². The summed E-state index contributed by atoms with van der Waals surface area (Å²) in [6.45, 7) is 3.36. The first-order valence-electron chi connectivity index (χ1n) is 3.23. The van der Waals surface area contributed by atoms with Gasteiger partial charge < -0.3 is 10.6 Å². The minimum atomic E-state index is 0.713. The van der Waals surface area contributed by atoms with Crippen LogP contribution in [0.3, 0.4) is 0 Å². The number of rotatable bonds is 1. The van der Waals surface area contributed by atoms with Gasteiger partial charge in [-0.2, -0.15) is 0 Å². The van der Waals surface area contributed by atoms with Gasteiger partial charge in [0.1, 0.15) is 0 Å². The van der Waals surface area contributed by atoms with Gasteiger partial charge in [0.2, 0.25) is 0 Å². The molecule has 0 unspecified atom stereocenters. The molecule has 1 aliphatic heterocycles. The van der Waals surface area contributed by atoms with Crippen LogP contribution in [0.5, 0.6) is 0 Å². The van der Waals surface area contributed by atoms with Crippen LogP contribution in [0.4, 0.5) is 0 Å². The van der Waals surface area contributed by atoms with Gasteiger partial charge in [0, 0.05) is 18.6 Å². The molecule has 8 heavy (non-hydrogen) atoms. The first kappa shape index (κ1) is 6.05. The molecule has 1 heterocycles. The highest BCUT2D eigenvalue weighted by atomic mass is 15.0. The zero-order valence-electron chi connectivity index (χ0n) is 5.57. The molecule has 1 saturated heterocycles. The van der Waals surface area contributed by atoms with Gasteiger partial charge in [-0.25, -0.2) is 0 Å². The molecule has 2 atom stereocenters. The number of likely N-dealkylation sites (N-methyl/N-ethyl adjacent to an activating group) is 1. The second kappa shape index (κ2) is 2.46. The molecule has 1 aliphatic rings. The Kier molecular flexibility index (Phi) is 1.86. The lowest BCUT2D eigenvalue weighted by Gasteiger charge is -2.03. The summed E-state index contributed by atoms with van der Waals surface area (Å²) in [6.07, 6.45) is 1.27. The minimum absolute atomic E-state index is 0.713. The van der Waals surface area contributed by atoms with Crippen LogP contribution in [0.15, 0.2) is 0 Å². The highest BCUT2D eigenvalue weighted by Gasteiger charge is 2.17. The fourth-order valence-electron chi connectivity index (χ4n) is 1.16. The molecular formula is C6H14N2. The zero-order valence-corrected chi connectivity index (χ0v) is 5.57. The third-order valence-corrected chi connectivity index (χ3v) is 1.76. The maximum Gasteiger partial charge on any atom is 0.0204 e. The van der Waals surface area contributed by atoms with E-state index in [0.29, 0.717) is 12.1 Å². The summed E-state index contributed by atoms with van der Waals surface area (Å²) in [7, 11) is 2.02. The molecular weight excluding hydrogens is 100 g/mol. The molecule has 0 radical (unpaired) electrons. The second-order valence-electron chi connectivity index (χ2n) is 2.53. The van der Waals surface area contributed by atoms with Crippen LogP contribution in [0.25, 0.3) is 0 Å². The van der Waals surface area contributed by atoms with Crippen molar-refractivity contribution in [3.8, 4) is 0 Å². The predicted molar refractivity (Wildman–Crippen MR) is 34.9 cm³/mol. The fourth-order valence-corrected chi connectivity index (χ4v) is 1.16. The molecule has 1 fully saturated rings. The maximum absolute atomic E-state index is 3.36. The Balaban J connectivity index is 2.22. The van der Waals surface area contributed by atoms with E-state index in [0.717, 1.165) is 6.54 Å². The van der Waals surface area contributed by atoms with Gasteiger partial charge in [0.15, 0.2) is 0 Å². The summed E-state index contributed by atoms with van der Waals surface area (Å²) >= 11 is 0. The van der Waals surface area contributed by atoms with Crippen LogP contribution < -0.4 is 10.6 Å². The van der Waals surface area contributed by atoms with Crippen molar-refractivity contribution in [3.05, 3.63) is 0 Å². The van der Waals surface area contributed by atoms with E-state index in [1.54, 1.807) is 0 Å². The van der Waals surface area contributed by atoms with Crippen LogP contribution >= 0.6 is 0 Å². The molecule has 0 bridgehead atoms. The van der Waals surface area contributed by atoms with Gasteiger partial charge in [-0.15, -0.1) is 0 Å². The lowest BCUT2D eigenvalue weighted by Crippen LogP contribution is -2.26. The third-order valence-electron chi connectivity index (χ3n) is 1.76. The quantitative estimate of drug-likeness (QED) is 0.499. The van der Waals surface area contributed by atoms with Gasteiger partial charge in [-0.05, 0) is 20.4 Å². The fraction of sp³-hybridized carbons (Fsp3) is 1.00. The van der Waals surface area contributed by atoms with Gasteiger partial charge in [-0.1, -0.05) is 0 Å². The smallest absolute Gasteiger partial charge is 0.0204 e. The first-order chi connectivity index (χ1) is 3.83. The van der Waals surface area contributed by atoms with Crippen molar-refractivity contribution >= 4 is 0 Å². The molecule has 2 heteroatoms. The van der Waals surface area contributed by atoms with E-state index in [4.69, 9.17) is 0 Å². The van der Waals surface area contributed by atoms with Crippen molar-refractivity contribution < 1.29 is 0 Å². The molecule has 48 valence electrons. The Morgan fingerprint density at radius 3 is 2.62 bits per heavy atom. The summed E-state index contributed by atoms with van der Waals surface area (Å²) < 4.78 is 0. The lowest BCUT2D eigenvalue weighted by atomic mass is 10.2. The van der Waals surface area contributed by atoms with Crippen molar-refractivity contribution in [2.24, 2.45) is 0 Å². The Labute approximate surface area is 50.7 Å². The van der Waals surface area contributed by atoms with Crippen molar-refractivity contribution in [1.29, 1.82) is 0 Å². The van der Waals surface area contributed by atoms with Crippen molar-refractivity contribution in [2.45, 2.75) is 25.4 Å². The summed E-state index contributed by atoms with van der Waals surface area (Å²) in [6, 6.07) is 1.43. The van der Waals surface area contributed by atoms with Crippen LogP contribution in [0, 0.1) is 0 Å². The Morgan fingerprint density at radius 2 is 2.38 bits per heavy atom. The maximum atomic E-state index is 3.36. The Bertz CT molecular complexity index is 72.9. The molecule has 2 nitrogen and oxygen atoms in total. The summed E-state index contributed by atoms with van der Waals surface area (Å²) in [5.41, 5.74) is 0. The highest BCUT2D eigenvalue weighted by Crippen LogP contribution is 2.03. The van der Waals surface area contributed by atoms with E-state index in [9.17, 15) is 0 Å². The topological polar surface area (TPSA) is 24.1 Å². The number of nitrogens with one attached hydrogen (secondary N) is 2. The van der Waals surface area contributed by atoms with Crippen LogP contribution in [0.2, 0.25) is 0 Å². The van der Waals surface area contributed by atoms with E-state index in [1.165, 1.54) is 6.42 Å². The van der Waals surface area contributed by atoms with Gasteiger partial charge in [0.25, 0.3) is 0 Å². The zero-order chi connectivity index (χ0) is 5.98. The molecule has 0 saturated carbocycles.